The van der Waals surface area contributed by atoms with Gasteiger partial charge in [0, 0.05) is 19.5 Å². The molecule has 0 saturated carbocycles. The number of rotatable bonds is 5. The molecule has 0 unspecified atom stereocenters. The van der Waals surface area contributed by atoms with Gasteiger partial charge < -0.3 is 14.2 Å². The van der Waals surface area contributed by atoms with E-state index in [2.05, 4.69) is 53.1 Å². The first-order chi connectivity index (χ1) is 15.3. The molecule has 156 valence electrons. The summed E-state index contributed by atoms with van der Waals surface area (Å²) < 4.78 is 7.45. The van der Waals surface area contributed by atoms with E-state index >= 15 is 0 Å². The van der Waals surface area contributed by atoms with Gasteiger partial charge in [0.15, 0.2) is 0 Å². The van der Waals surface area contributed by atoms with Gasteiger partial charge in [-0.3, -0.25) is 4.79 Å². The first-order valence-corrected chi connectivity index (χ1v) is 10.7. The molecular formula is C26H25N3O2. The molecule has 2 heterocycles. The Morgan fingerprint density at radius 2 is 1.52 bits per heavy atom. The first-order valence-electron chi connectivity index (χ1n) is 10.7. The maximum absolute atomic E-state index is 12.9. The normalized spacial score (nSPS) is 14.1. The Hall–Kier alpha value is -3.44. The number of ether oxygens (including phenoxy) is 1. The van der Waals surface area contributed by atoms with Gasteiger partial charge in [0.1, 0.15) is 12.4 Å². The van der Waals surface area contributed by atoms with Gasteiger partial charge >= 0.3 is 0 Å². The minimum absolute atomic E-state index is 0.118. The summed E-state index contributed by atoms with van der Waals surface area (Å²) in [5, 5.41) is 0. The molecule has 1 aliphatic heterocycles. The third kappa shape index (κ3) is 4.23. The van der Waals surface area contributed by atoms with Crippen molar-refractivity contribution in [2.75, 3.05) is 26.3 Å². The quantitative estimate of drug-likeness (QED) is 0.496. The number of carbonyl (C=O) groups is 1. The average Bonchev–Trinajstić information content (AvgIpc) is 3.17. The maximum Gasteiger partial charge on any atom is 0.242 e. The van der Waals surface area contributed by atoms with Gasteiger partial charge in [-0.25, -0.2) is 4.98 Å². The number of imidazole rings is 1. The minimum atomic E-state index is 0.118. The zero-order chi connectivity index (χ0) is 21.0. The molecule has 0 bridgehead atoms. The van der Waals surface area contributed by atoms with Crippen LogP contribution in [-0.2, 0) is 22.5 Å². The van der Waals surface area contributed by atoms with Crippen LogP contribution in [0.25, 0.3) is 22.2 Å². The summed E-state index contributed by atoms with van der Waals surface area (Å²) in [6, 6.07) is 27.0. The van der Waals surface area contributed by atoms with Crippen LogP contribution in [0.3, 0.4) is 0 Å². The summed E-state index contributed by atoms with van der Waals surface area (Å²) in [5.41, 5.74) is 5.50. The molecule has 5 rings (SSSR count). The van der Waals surface area contributed by atoms with E-state index in [-0.39, 0.29) is 5.91 Å². The number of amides is 1. The third-order valence-electron chi connectivity index (χ3n) is 5.81. The molecule has 1 aliphatic rings. The molecule has 0 N–H and O–H groups in total. The Balaban J connectivity index is 1.41. The summed E-state index contributed by atoms with van der Waals surface area (Å²) >= 11 is 0. The smallest absolute Gasteiger partial charge is 0.242 e. The van der Waals surface area contributed by atoms with Gasteiger partial charge in [0.25, 0.3) is 0 Å². The highest BCUT2D eigenvalue weighted by Gasteiger charge is 2.20. The fraction of sp³-hybridized carbons (Fsp3) is 0.231. The summed E-state index contributed by atoms with van der Waals surface area (Å²) in [5.74, 6) is 1.03. The average molecular weight is 412 g/mol. The van der Waals surface area contributed by atoms with Crippen molar-refractivity contribution < 1.29 is 9.53 Å². The SMILES string of the molecule is O=C(Cn1c(Cc2ccc(-c3ccccc3)cc2)nc2ccccc21)N1CCOCC1. The van der Waals surface area contributed by atoms with E-state index in [0.717, 1.165) is 16.9 Å². The van der Waals surface area contributed by atoms with Crippen molar-refractivity contribution in [1.29, 1.82) is 0 Å². The van der Waals surface area contributed by atoms with Crippen molar-refractivity contribution in [2.24, 2.45) is 0 Å². The molecule has 1 aromatic heterocycles. The lowest BCUT2D eigenvalue weighted by Gasteiger charge is -2.27. The van der Waals surface area contributed by atoms with Crippen molar-refractivity contribution in [3.05, 3.63) is 90.3 Å². The molecule has 0 atom stereocenters. The Labute approximate surface area is 181 Å². The number of aromatic nitrogens is 2. The topological polar surface area (TPSA) is 47.4 Å². The predicted octanol–water partition coefficient (Wildman–Crippen LogP) is 4.15. The molecule has 31 heavy (non-hydrogen) atoms. The largest absolute Gasteiger partial charge is 0.378 e. The molecular weight excluding hydrogens is 386 g/mol. The number of morpholine rings is 1. The fourth-order valence-corrected chi connectivity index (χ4v) is 4.11. The fourth-order valence-electron chi connectivity index (χ4n) is 4.11. The maximum atomic E-state index is 12.9. The van der Waals surface area contributed by atoms with E-state index in [1.54, 1.807) is 0 Å². The van der Waals surface area contributed by atoms with Crippen molar-refractivity contribution in [3.63, 3.8) is 0 Å². The minimum Gasteiger partial charge on any atom is -0.378 e. The molecule has 1 amide bonds. The van der Waals surface area contributed by atoms with E-state index in [4.69, 9.17) is 9.72 Å². The highest BCUT2D eigenvalue weighted by molar-refractivity contribution is 5.81. The summed E-state index contributed by atoms with van der Waals surface area (Å²) in [6.07, 6.45) is 0.681. The molecule has 0 radical (unpaired) electrons. The van der Waals surface area contributed by atoms with E-state index < -0.39 is 0 Å². The second kappa shape index (κ2) is 8.74. The highest BCUT2D eigenvalue weighted by Crippen LogP contribution is 2.22. The number of nitrogens with zero attached hydrogens (tertiary/aromatic N) is 3. The van der Waals surface area contributed by atoms with Crippen LogP contribution in [0.5, 0.6) is 0 Å². The van der Waals surface area contributed by atoms with Gasteiger partial charge in [-0.05, 0) is 28.8 Å². The Kier molecular flexibility index (Phi) is 5.50. The number of para-hydroxylation sites is 2. The lowest BCUT2D eigenvalue weighted by molar-refractivity contribution is -0.135. The van der Waals surface area contributed by atoms with Crippen LogP contribution in [0.4, 0.5) is 0 Å². The molecule has 1 saturated heterocycles. The molecule has 4 aromatic rings. The van der Waals surface area contributed by atoms with Crippen LogP contribution in [-0.4, -0.2) is 46.7 Å². The van der Waals surface area contributed by atoms with Crippen LogP contribution in [0, 0.1) is 0 Å². The van der Waals surface area contributed by atoms with Crippen LogP contribution < -0.4 is 0 Å². The number of fused-ring (bicyclic) bond motifs is 1. The van der Waals surface area contributed by atoms with Gasteiger partial charge in [-0.1, -0.05) is 66.7 Å². The number of benzene rings is 3. The lowest BCUT2D eigenvalue weighted by Crippen LogP contribution is -2.42. The van der Waals surface area contributed by atoms with E-state index in [0.29, 0.717) is 39.3 Å². The van der Waals surface area contributed by atoms with Gasteiger partial charge in [-0.15, -0.1) is 0 Å². The van der Waals surface area contributed by atoms with Crippen LogP contribution >= 0.6 is 0 Å². The van der Waals surface area contributed by atoms with E-state index in [1.165, 1.54) is 16.7 Å². The van der Waals surface area contributed by atoms with Crippen LogP contribution in [0.15, 0.2) is 78.9 Å². The summed E-state index contributed by atoms with van der Waals surface area (Å²) in [7, 11) is 0. The van der Waals surface area contributed by atoms with Crippen molar-refractivity contribution in [1.82, 2.24) is 14.5 Å². The van der Waals surface area contributed by atoms with Crippen molar-refractivity contribution >= 4 is 16.9 Å². The van der Waals surface area contributed by atoms with E-state index in [1.807, 2.05) is 35.2 Å². The second-order valence-electron chi connectivity index (χ2n) is 7.84. The molecule has 5 heteroatoms. The van der Waals surface area contributed by atoms with Crippen LogP contribution in [0.2, 0.25) is 0 Å². The standard InChI is InChI=1S/C26H25N3O2/c30-26(28-14-16-31-17-15-28)19-29-24-9-5-4-8-23(24)27-25(29)18-20-10-12-22(13-11-20)21-6-2-1-3-7-21/h1-13H,14-19H2. The van der Waals surface area contributed by atoms with Crippen molar-refractivity contribution in [2.45, 2.75) is 13.0 Å². The predicted molar refractivity (Wildman–Crippen MR) is 122 cm³/mol. The number of hydrogen-bond acceptors (Lipinski definition) is 3. The van der Waals surface area contributed by atoms with Crippen molar-refractivity contribution in [3.8, 4) is 11.1 Å². The summed E-state index contributed by atoms with van der Waals surface area (Å²) in [6.45, 7) is 2.83. The second-order valence-corrected chi connectivity index (χ2v) is 7.84. The number of carbonyl (C=O) groups excluding carboxylic acids is 1. The zero-order valence-electron chi connectivity index (χ0n) is 17.4. The number of hydrogen-bond donors (Lipinski definition) is 0. The Bertz CT molecular complexity index is 1180. The molecule has 1 fully saturated rings. The van der Waals surface area contributed by atoms with Gasteiger partial charge in [0.2, 0.25) is 5.91 Å². The zero-order valence-corrected chi connectivity index (χ0v) is 17.4. The highest BCUT2D eigenvalue weighted by atomic mass is 16.5. The van der Waals surface area contributed by atoms with E-state index in [9.17, 15) is 4.79 Å². The first kappa shape index (κ1) is 19.5. The van der Waals surface area contributed by atoms with Gasteiger partial charge in [0.05, 0.1) is 24.2 Å². The summed E-state index contributed by atoms with van der Waals surface area (Å²) in [4.78, 5) is 19.7. The molecule has 5 nitrogen and oxygen atoms in total. The lowest BCUT2D eigenvalue weighted by atomic mass is 10.0. The molecule has 0 aliphatic carbocycles. The third-order valence-corrected chi connectivity index (χ3v) is 5.81. The van der Waals surface area contributed by atoms with Crippen LogP contribution in [0.1, 0.15) is 11.4 Å². The Morgan fingerprint density at radius 3 is 2.29 bits per heavy atom. The Morgan fingerprint density at radius 1 is 0.839 bits per heavy atom. The molecule has 3 aromatic carbocycles. The molecule has 0 spiro atoms. The van der Waals surface area contributed by atoms with Gasteiger partial charge in [-0.2, -0.15) is 0 Å². The monoisotopic (exact) mass is 411 g/mol.